The van der Waals surface area contributed by atoms with E-state index >= 15 is 0 Å². The van der Waals surface area contributed by atoms with E-state index in [9.17, 15) is 24.0 Å². The van der Waals surface area contributed by atoms with Crippen LogP contribution in [0.15, 0.2) is 18.2 Å². The van der Waals surface area contributed by atoms with Crippen molar-refractivity contribution in [2.75, 3.05) is 44.7 Å². The summed E-state index contributed by atoms with van der Waals surface area (Å²) in [5, 5.41) is 11.3. The van der Waals surface area contributed by atoms with Gasteiger partial charge in [0, 0.05) is 51.9 Å². The maximum atomic E-state index is 12.9. The molecule has 2 heterocycles. The second kappa shape index (κ2) is 9.69. The standard InChI is InChI=1S/C21H26N4O6/c1-22-18(27)5-3-15(13-26)25-20(30)16-4-2-14(12-17(16)21(25)31)24-10-8-23(9-11-24)7-6-19(28)29/h2,4,12-13,15H,3,5-11H2,1H3,(H,22,27)(H,28,29). The minimum Gasteiger partial charge on any atom is -0.481 e. The summed E-state index contributed by atoms with van der Waals surface area (Å²) in [6.45, 7) is 3.26. The number of nitrogens with one attached hydrogen (secondary N) is 1. The lowest BCUT2D eigenvalue weighted by Gasteiger charge is -2.36. The number of imide groups is 1. The number of aliphatic carboxylic acids is 1. The molecule has 0 spiro atoms. The summed E-state index contributed by atoms with van der Waals surface area (Å²) in [4.78, 5) is 64.6. The van der Waals surface area contributed by atoms with Crippen LogP contribution in [0.25, 0.3) is 0 Å². The van der Waals surface area contributed by atoms with E-state index in [0.717, 1.165) is 10.6 Å². The largest absolute Gasteiger partial charge is 0.481 e. The van der Waals surface area contributed by atoms with Crippen molar-refractivity contribution in [2.24, 2.45) is 0 Å². The smallest absolute Gasteiger partial charge is 0.304 e. The summed E-state index contributed by atoms with van der Waals surface area (Å²) in [6.07, 6.45) is 0.732. The average molecular weight is 430 g/mol. The van der Waals surface area contributed by atoms with Crippen LogP contribution in [0.4, 0.5) is 5.69 Å². The van der Waals surface area contributed by atoms with E-state index in [0.29, 0.717) is 39.0 Å². The van der Waals surface area contributed by atoms with Gasteiger partial charge in [0.15, 0.2) is 0 Å². The van der Waals surface area contributed by atoms with Gasteiger partial charge in [0.1, 0.15) is 6.29 Å². The number of amides is 3. The maximum Gasteiger partial charge on any atom is 0.304 e. The van der Waals surface area contributed by atoms with Gasteiger partial charge in [-0.05, 0) is 24.6 Å². The molecule has 0 saturated carbocycles. The Morgan fingerprint density at radius 1 is 1.10 bits per heavy atom. The fourth-order valence-electron chi connectivity index (χ4n) is 3.89. The van der Waals surface area contributed by atoms with Crippen LogP contribution in [0.3, 0.4) is 0 Å². The SMILES string of the molecule is CNC(=O)CCC(C=O)N1C(=O)c2ccc(N3CCN(CCC(=O)O)CC3)cc2C1=O. The number of fused-ring (bicyclic) bond motifs is 1. The van der Waals surface area contributed by atoms with Gasteiger partial charge in [0.25, 0.3) is 11.8 Å². The molecule has 3 amide bonds. The Hall–Kier alpha value is -3.27. The van der Waals surface area contributed by atoms with Crippen LogP contribution in [-0.4, -0.2) is 90.7 Å². The highest BCUT2D eigenvalue weighted by molar-refractivity contribution is 6.22. The summed E-state index contributed by atoms with van der Waals surface area (Å²) < 4.78 is 0. The predicted octanol–water partition coefficient (Wildman–Crippen LogP) is -0.0270. The van der Waals surface area contributed by atoms with E-state index in [1.54, 1.807) is 18.2 Å². The zero-order chi connectivity index (χ0) is 22.5. The van der Waals surface area contributed by atoms with Crippen LogP contribution >= 0.6 is 0 Å². The van der Waals surface area contributed by atoms with E-state index in [1.165, 1.54) is 7.05 Å². The maximum absolute atomic E-state index is 12.9. The molecule has 0 bridgehead atoms. The van der Waals surface area contributed by atoms with Gasteiger partial charge in [0.05, 0.1) is 23.6 Å². The van der Waals surface area contributed by atoms with Crippen molar-refractivity contribution in [3.05, 3.63) is 29.3 Å². The summed E-state index contributed by atoms with van der Waals surface area (Å²) in [5.74, 6) is -2.15. The van der Waals surface area contributed by atoms with Gasteiger partial charge in [-0.3, -0.25) is 29.0 Å². The Morgan fingerprint density at radius 3 is 2.39 bits per heavy atom. The molecule has 0 aromatic heterocycles. The molecular formula is C21H26N4O6. The first-order valence-corrected chi connectivity index (χ1v) is 10.2. The number of rotatable bonds is 9. The molecular weight excluding hydrogens is 404 g/mol. The van der Waals surface area contributed by atoms with Crippen LogP contribution in [0.1, 0.15) is 40.0 Å². The van der Waals surface area contributed by atoms with Gasteiger partial charge < -0.3 is 20.1 Å². The molecule has 2 aliphatic heterocycles. The molecule has 1 aromatic carbocycles. The van der Waals surface area contributed by atoms with E-state index < -0.39 is 23.8 Å². The molecule has 1 unspecified atom stereocenters. The van der Waals surface area contributed by atoms with E-state index in [1.807, 2.05) is 0 Å². The summed E-state index contributed by atoms with van der Waals surface area (Å²) in [7, 11) is 1.48. The molecule has 1 fully saturated rings. The van der Waals surface area contributed by atoms with Crippen molar-refractivity contribution >= 4 is 35.7 Å². The first kappa shape index (κ1) is 22.4. The predicted molar refractivity (Wildman–Crippen MR) is 111 cm³/mol. The van der Waals surface area contributed by atoms with Gasteiger partial charge in [-0.1, -0.05) is 0 Å². The minimum atomic E-state index is -0.995. The minimum absolute atomic E-state index is 0.0325. The summed E-state index contributed by atoms with van der Waals surface area (Å²) in [6, 6.07) is 4.05. The Balaban J connectivity index is 1.69. The van der Waals surface area contributed by atoms with Gasteiger partial charge in [0.2, 0.25) is 5.91 Å². The molecule has 0 radical (unpaired) electrons. The highest BCUT2D eigenvalue weighted by Crippen LogP contribution is 2.30. The number of carboxylic acids is 1. The van der Waals surface area contributed by atoms with Crippen LogP contribution in [0.5, 0.6) is 0 Å². The third kappa shape index (κ3) is 4.91. The van der Waals surface area contributed by atoms with Crippen molar-refractivity contribution in [3.8, 4) is 0 Å². The van der Waals surface area contributed by atoms with Gasteiger partial charge in [-0.2, -0.15) is 0 Å². The Morgan fingerprint density at radius 2 is 1.77 bits per heavy atom. The van der Waals surface area contributed by atoms with Crippen molar-refractivity contribution < 1.29 is 29.1 Å². The number of nitrogens with zero attached hydrogens (tertiary/aromatic N) is 3. The first-order chi connectivity index (χ1) is 14.8. The average Bonchev–Trinajstić information content (AvgIpc) is 3.03. The number of piperazine rings is 1. The van der Waals surface area contributed by atoms with Crippen molar-refractivity contribution in [1.82, 2.24) is 15.1 Å². The second-order valence-electron chi connectivity index (χ2n) is 7.60. The molecule has 166 valence electrons. The number of carbonyl (C=O) groups is 5. The number of aldehydes is 1. The van der Waals surface area contributed by atoms with E-state index in [2.05, 4.69) is 15.1 Å². The van der Waals surface area contributed by atoms with Crippen LogP contribution in [0.2, 0.25) is 0 Å². The monoisotopic (exact) mass is 430 g/mol. The van der Waals surface area contributed by atoms with Gasteiger partial charge >= 0.3 is 5.97 Å². The molecule has 3 rings (SSSR count). The topological polar surface area (TPSA) is 127 Å². The molecule has 10 nitrogen and oxygen atoms in total. The molecule has 2 N–H and O–H groups in total. The third-order valence-corrected chi connectivity index (χ3v) is 5.72. The number of carboxylic acid groups (broad SMARTS) is 1. The van der Waals surface area contributed by atoms with Gasteiger partial charge in [-0.25, -0.2) is 0 Å². The Kier molecular flexibility index (Phi) is 7.01. The summed E-state index contributed by atoms with van der Waals surface area (Å²) in [5.41, 5.74) is 1.30. The third-order valence-electron chi connectivity index (χ3n) is 5.72. The fourth-order valence-corrected chi connectivity index (χ4v) is 3.89. The lowest BCUT2D eigenvalue weighted by atomic mass is 10.1. The number of hydrogen-bond acceptors (Lipinski definition) is 7. The number of anilines is 1. The summed E-state index contributed by atoms with van der Waals surface area (Å²) >= 11 is 0. The number of carbonyl (C=O) groups excluding carboxylic acids is 4. The van der Waals surface area contributed by atoms with Crippen molar-refractivity contribution in [3.63, 3.8) is 0 Å². The zero-order valence-corrected chi connectivity index (χ0v) is 17.4. The van der Waals surface area contributed by atoms with Gasteiger partial charge in [-0.15, -0.1) is 0 Å². The quantitative estimate of drug-likeness (QED) is 0.413. The van der Waals surface area contributed by atoms with E-state index in [-0.39, 0.29) is 36.3 Å². The fraction of sp³-hybridized carbons (Fsp3) is 0.476. The molecule has 1 saturated heterocycles. The Bertz CT molecular complexity index is 894. The number of benzene rings is 1. The lowest BCUT2D eigenvalue weighted by molar-refractivity contribution is -0.137. The van der Waals surface area contributed by atoms with Crippen molar-refractivity contribution in [2.45, 2.75) is 25.3 Å². The first-order valence-electron chi connectivity index (χ1n) is 10.2. The molecule has 10 heteroatoms. The van der Waals surface area contributed by atoms with Crippen LogP contribution < -0.4 is 10.2 Å². The normalized spacial score (nSPS) is 17.5. The molecule has 1 atom stereocenters. The molecule has 1 aromatic rings. The zero-order valence-electron chi connectivity index (χ0n) is 17.4. The highest BCUT2D eigenvalue weighted by atomic mass is 16.4. The van der Waals surface area contributed by atoms with E-state index in [4.69, 9.17) is 5.11 Å². The van der Waals surface area contributed by atoms with Crippen LogP contribution in [-0.2, 0) is 14.4 Å². The van der Waals surface area contributed by atoms with Crippen LogP contribution in [0, 0.1) is 0 Å². The Labute approximate surface area is 179 Å². The molecule has 0 aliphatic carbocycles. The second-order valence-corrected chi connectivity index (χ2v) is 7.60. The molecule has 31 heavy (non-hydrogen) atoms. The van der Waals surface area contributed by atoms with Crippen molar-refractivity contribution in [1.29, 1.82) is 0 Å². The lowest BCUT2D eigenvalue weighted by Crippen LogP contribution is -2.47. The number of hydrogen-bond donors (Lipinski definition) is 2. The molecule has 2 aliphatic rings. The highest BCUT2D eigenvalue weighted by Gasteiger charge is 2.40.